The average Bonchev–Trinajstić information content (AvgIpc) is 3.05. The zero-order valence-electron chi connectivity index (χ0n) is 17.6. The van der Waals surface area contributed by atoms with Crippen LogP contribution in [0.4, 0.5) is 4.39 Å². The standard InChI is InChI=1S/C26H21FN2O3/c1-16(28-24(30)20-10-6-7-11-21(20)25(28)31)22-14-18-12-13-19(27)15-26(18,2)29(32)23(22)17-8-4-3-5-9-17/h3-16,32H,1-2H3/t16-,26?/m0/s1. The second kappa shape index (κ2) is 7.14. The normalized spacial score (nSPS) is 23.1. The van der Waals surface area contributed by atoms with Crippen LogP contribution in [0.5, 0.6) is 0 Å². The summed E-state index contributed by atoms with van der Waals surface area (Å²) in [6.45, 7) is 3.48. The molecule has 1 aliphatic carbocycles. The third-order valence-electron chi connectivity index (χ3n) is 6.37. The number of benzene rings is 2. The Morgan fingerprint density at radius 1 is 0.938 bits per heavy atom. The molecule has 6 heteroatoms. The molecule has 0 fully saturated rings. The molecular formula is C26H21FN2O3. The van der Waals surface area contributed by atoms with E-state index in [9.17, 15) is 19.2 Å². The molecule has 2 aromatic rings. The predicted octanol–water partition coefficient (Wildman–Crippen LogP) is 4.90. The van der Waals surface area contributed by atoms with E-state index >= 15 is 0 Å². The summed E-state index contributed by atoms with van der Waals surface area (Å²) in [6.07, 6.45) is 6.13. The smallest absolute Gasteiger partial charge is 0.262 e. The fourth-order valence-corrected chi connectivity index (χ4v) is 4.61. The number of hydroxylamine groups is 2. The monoisotopic (exact) mass is 428 g/mol. The van der Waals surface area contributed by atoms with Crippen molar-refractivity contribution in [3.8, 4) is 0 Å². The van der Waals surface area contributed by atoms with Gasteiger partial charge >= 0.3 is 0 Å². The highest BCUT2D eigenvalue weighted by atomic mass is 19.1. The summed E-state index contributed by atoms with van der Waals surface area (Å²) < 4.78 is 14.2. The number of carbonyl (C=O) groups is 2. The predicted molar refractivity (Wildman–Crippen MR) is 118 cm³/mol. The molecule has 0 radical (unpaired) electrons. The van der Waals surface area contributed by atoms with Crippen LogP contribution in [-0.2, 0) is 0 Å². The van der Waals surface area contributed by atoms with Gasteiger partial charge in [-0.25, -0.2) is 9.45 Å². The molecule has 0 bridgehead atoms. The van der Waals surface area contributed by atoms with E-state index in [-0.39, 0.29) is 11.8 Å². The van der Waals surface area contributed by atoms with Crippen molar-refractivity contribution in [1.82, 2.24) is 9.96 Å². The topological polar surface area (TPSA) is 60.9 Å². The van der Waals surface area contributed by atoms with Gasteiger partial charge in [-0.05, 0) is 49.8 Å². The number of imide groups is 1. The minimum absolute atomic E-state index is 0.364. The Kier molecular flexibility index (Phi) is 4.50. The number of carbonyl (C=O) groups excluding carboxylic acids is 2. The lowest BCUT2D eigenvalue weighted by molar-refractivity contribution is -0.0802. The SMILES string of the molecule is C[C@@H](C1=C(c2ccccc2)N(O)C2(C)C=C(F)C=CC2=C1)N1C(=O)c2ccccc2C1=O. The molecule has 2 amide bonds. The molecule has 0 saturated heterocycles. The highest BCUT2D eigenvalue weighted by molar-refractivity contribution is 6.21. The summed E-state index contributed by atoms with van der Waals surface area (Å²) in [7, 11) is 0. The van der Waals surface area contributed by atoms with Crippen LogP contribution in [0.2, 0.25) is 0 Å². The van der Waals surface area contributed by atoms with Crippen molar-refractivity contribution < 1.29 is 19.2 Å². The van der Waals surface area contributed by atoms with Gasteiger partial charge in [-0.3, -0.25) is 19.7 Å². The van der Waals surface area contributed by atoms with E-state index < -0.39 is 17.4 Å². The molecule has 2 aromatic carbocycles. The van der Waals surface area contributed by atoms with E-state index in [1.165, 1.54) is 17.1 Å². The highest BCUT2D eigenvalue weighted by Crippen LogP contribution is 2.44. The van der Waals surface area contributed by atoms with Crippen LogP contribution in [-0.4, -0.2) is 38.6 Å². The number of allylic oxidation sites excluding steroid dienone is 2. The number of hydrogen-bond donors (Lipinski definition) is 1. The largest absolute Gasteiger partial charge is 0.287 e. The Morgan fingerprint density at radius 2 is 1.53 bits per heavy atom. The van der Waals surface area contributed by atoms with Gasteiger partial charge in [0.2, 0.25) is 0 Å². The number of rotatable bonds is 3. The van der Waals surface area contributed by atoms with Crippen LogP contribution in [0.3, 0.4) is 0 Å². The Hall–Kier alpha value is -3.77. The summed E-state index contributed by atoms with van der Waals surface area (Å²) in [6, 6.07) is 15.2. The molecule has 3 aliphatic rings. The lowest BCUT2D eigenvalue weighted by Crippen LogP contribution is -2.48. The molecule has 2 heterocycles. The fraction of sp³-hybridized carbons (Fsp3) is 0.154. The molecule has 0 spiro atoms. The number of nitrogens with zero attached hydrogens (tertiary/aromatic N) is 2. The van der Waals surface area contributed by atoms with Gasteiger partial charge in [0.05, 0.1) is 22.9 Å². The highest BCUT2D eigenvalue weighted by Gasteiger charge is 2.45. The Labute approximate surface area is 185 Å². The van der Waals surface area contributed by atoms with Crippen LogP contribution in [0.25, 0.3) is 5.70 Å². The molecular weight excluding hydrogens is 407 g/mol. The fourth-order valence-electron chi connectivity index (χ4n) is 4.61. The van der Waals surface area contributed by atoms with Crippen molar-refractivity contribution in [3.05, 3.63) is 113 Å². The number of halogens is 1. The second-order valence-electron chi connectivity index (χ2n) is 8.29. The van der Waals surface area contributed by atoms with Gasteiger partial charge in [0.1, 0.15) is 11.4 Å². The first kappa shape index (κ1) is 20.2. The average molecular weight is 428 g/mol. The Bertz CT molecular complexity index is 1240. The minimum Gasteiger partial charge on any atom is -0.287 e. The first-order chi connectivity index (χ1) is 15.3. The molecule has 2 atom stereocenters. The van der Waals surface area contributed by atoms with Gasteiger partial charge in [0, 0.05) is 11.1 Å². The molecule has 5 nitrogen and oxygen atoms in total. The van der Waals surface area contributed by atoms with Gasteiger partial charge in [-0.15, -0.1) is 0 Å². The van der Waals surface area contributed by atoms with E-state index in [2.05, 4.69) is 0 Å². The zero-order chi connectivity index (χ0) is 22.6. The lowest BCUT2D eigenvalue weighted by Gasteiger charge is -2.44. The summed E-state index contributed by atoms with van der Waals surface area (Å²) in [5.41, 5.74) is 1.94. The van der Waals surface area contributed by atoms with Crippen molar-refractivity contribution in [2.24, 2.45) is 0 Å². The summed E-state index contributed by atoms with van der Waals surface area (Å²) in [4.78, 5) is 27.5. The summed E-state index contributed by atoms with van der Waals surface area (Å²) in [5.74, 6) is -1.20. The zero-order valence-corrected chi connectivity index (χ0v) is 17.6. The van der Waals surface area contributed by atoms with E-state index in [0.29, 0.717) is 33.5 Å². The van der Waals surface area contributed by atoms with Gasteiger partial charge in [0.15, 0.2) is 0 Å². The first-order valence-corrected chi connectivity index (χ1v) is 10.4. The van der Waals surface area contributed by atoms with Crippen molar-refractivity contribution in [3.63, 3.8) is 0 Å². The maximum atomic E-state index is 14.2. The quantitative estimate of drug-likeness (QED) is 0.707. The molecule has 1 unspecified atom stereocenters. The van der Waals surface area contributed by atoms with E-state index in [1.54, 1.807) is 44.2 Å². The molecule has 2 aliphatic heterocycles. The maximum Gasteiger partial charge on any atom is 0.262 e. The van der Waals surface area contributed by atoms with Crippen LogP contribution in [0, 0.1) is 0 Å². The van der Waals surface area contributed by atoms with E-state index in [1.807, 2.05) is 36.4 Å². The van der Waals surface area contributed by atoms with Crippen LogP contribution < -0.4 is 0 Å². The molecule has 1 N–H and O–H groups in total. The number of fused-ring (bicyclic) bond motifs is 2. The molecule has 32 heavy (non-hydrogen) atoms. The first-order valence-electron chi connectivity index (χ1n) is 10.4. The van der Waals surface area contributed by atoms with Crippen molar-refractivity contribution in [2.45, 2.75) is 25.4 Å². The number of amides is 2. The van der Waals surface area contributed by atoms with E-state index in [0.717, 1.165) is 5.06 Å². The third kappa shape index (κ3) is 2.80. The Balaban J connectivity index is 1.69. The minimum atomic E-state index is -1.13. The molecule has 160 valence electrons. The lowest BCUT2D eigenvalue weighted by atomic mass is 9.80. The second-order valence-corrected chi connectivity index (χ2v) is 8.29. The summed E-state index contributed by atoms with van der Waals surface area (Å²) in [5, 5.41) is 12.4. The van der Waals surface area contributed by atoms with Gasteiger partial charge in [-0.1, -0.05) is 48.5 Å². The third-order valence-corrected chi connectivity index (χ3v) is 6.37. The Morgan fingerprint density at radius 3 is 2.16 bits per heavy atom. The molecule has 0 aromatic heterocycles. The maximum absolute atomic E-state index is 14.2. The number of hydrogen-bond acceptors (Lipinski definition) is 4. The molecule has 0 saturated carbocycles. The van der Waals surface area contributed by atoms with Crippen LogP contribution >= 0.6 is 0 Å². The van der Waals surface area contributed by atoms with Crippen molar-refractivity contribution >= 4 is 17.5 Å². The van der Waals surface area contributed by atoms with E-state index in [4.69, 9.17) is 0 Å². The molecule has 5 rings (SSSR count). The van der Waals surface area contributed by atoms with Crippen LogP contribution in [0.1, 0.15) is 40.1 Å². The summed E-state index contributed by atoms with van der Waals surface area (Å²) >= 11 is 0. The van der Waals surface area contributed by atoms with Gasteiger partial charge in [0.25, 0.3) is 11.8 Å². The van der Waals surface area contributed by atoms with Crippen molar-refractivity contribution in [2.75, 3.05) is 0 Å². The van der Waals surface area contributed by atoms with Gasteiger partial charge < -0.3 is 0 Å². The van der Waals surface area contributed by atoms with Crippen molar-refractivity contribution in [1.29, 1.82) is 0 Å². The van der Waals surface area contributed by atoms with Crippen LogP contribution in [0.15, 0.2) is 95.9 Å². The van der Waals surface area contributed by atoms with Gasteiger partial charge in [-0.2, -0.15) is 0 Å².